The zero-order chi connectivity index (χ0) is 16.2. The molecule has 0 spiro atoms. The zero-order valence-electron chi connectivity index (χ0n) is 14.0. The molecule has 0 radical (unpaired) electrons. The highest BCUT2D eigenvalue weighted by Crippen LogP contribution is 2.30. The van der Waals surface area contributed by atoms with Crippen LogP contribution in [0, 0.1) is 6.92 Å². The van der Waals surface area contributed by atoms with Gasteiger partial charge in [0.2, 0.25) is 5.89 Å². The van der Waals surface area contributed by atoms with Crippen LogP contribution in [0.3, 0.4) is 0 Å². The predicted molar refractivity (Wildman–Crippen MR) is 88.8 cm³/mol. The molecule has 1 aromatic heterocycles. The van der Waals surface area contributed by atoms with Gasteiger partial charge in [0.25, 0.3) is 0 Å². The summed E-state index contributed by atoms with van der Waals surface area (Å²) < 4.78 is 11.1. The first kappa shape index (κ1) is 15.8. The number of para-hydroxylation sites is 2. The Morgan fingerprint density at radius 3 is 2.61 bits per heavy atom. The Labute approximate surface area is 137 Å². The third kappa shape index (κ3) is 3.47. The molecule has 0 bridgehead atoms. The van der Waals surface area contributed by atoms with Gasteiger partial charge in [0.15, 0.2) is 5.82 Å². The van der Waals surface area contributed by atoms with E-state index in [4.69, 9.17) is 9.26 Å². The van der Waals surface area contributed by atoms with Crippen molar-refractivity contribution in [2.24, 2.45) is 0 Å². The summed E-state index contributed by atoms with van der Waals surface area (Å²) in [4.78, 5) is 9.11. The average Bonchev–Trinajstić information content (AvgIpc) is 3.02. The molecule has 1 aromatic carbocycles. The van der Waals surface area contributed by atoms with Crippen LogP contribution < -0.4 is 9.64 Å². The van der Waals surface area contributed by atoms with Crippen molar-refractivity contribution in [2.45, 2.75) is 26.8 Å². The number of hydrogen-bond donors (Lipinski definition) is 0. The molecule has 1 unspecified atom stereocenters. The highest BCUT2D eigenvalue weighted by Gasteiger charge is 2.26. The average molecular weight is 316 g/mol. The van der Waals surface area contributed by atoms with E-state index in [0.717, 1.165) is 31.9 Å². The Kier molecular flexibility index (Phi) is 4.81. The fraction of sp³-hybridized carbons (Fsp3) is 0.529. The van der Waals surface area contributed by atoms with Gasteiger partial charge in [-0.25, -0.2) is 0 Å². The molecule has 2 heterocycles. The summed E-state index contributed by atoms with van der Waals surface area (Å²) in [5, 5.41) is 3.89. The van der Waals surface area contributed by atoms with Crippen LogP contribution in [0.4, 0.5) is 5.69 Å². The predicted octanol–water partition coefficient (Wildman–Crippen LogP) is 2.66. The molecule has 1 fully saturated rings. The minimum absolute atomic E-state index is 0.153. The van der Waals surface area contributed by atoms with Crippen LogP contribution in [0.1, 0.15) is 31.6 Å². The number of aryl methyl sites for hydroxylation is 1. The lowest BCUT2D eigenvalue weighted by Gasteiger charge is -2.38. The van der Waals surface area contributed by atoms with Gasteiger partial charge in [0, 0.05) is 26.2 Å². The van der Waals surface area contributed by atoms with Gasteiger partial charge in [-0.05, 0) is 32.9 Å². The molecule has 0 amide bonds. The van der Waals surface area contributed by atoms with Crippen LogP contribution >= 0.6 is 0 Å². The van der Waals surface area contributed by atoms with E-state index in [9.17, 15) is 0 Å². The molecule has 3 rings (SSSR count). The van der Waals surface area contributed by atoms with Crippen molar-refractivity contribution in [3.63, 3.8) is 0 Å². The molecule has 1 saturated heterocycles. The van der Waals surface area contributed by atoms with Gasteiger partial charge in [-0.3, -0.25) is 4.90 Å². The van der Waals surface area contributed by atoms with Crippen LogP contribution in [0.2, 0.25) is 0 Å². The van der Waals surface area contributed by atoms with Gasteiger partial charge in [-0.2, -0.15) is 4.98 Å². The van der Waals surface area contributed by atoms with E-state index >= 15 is 0 Å². The summed E-state index contributed by atoms with van der Waals surface area (Å²) in [5.74, 6) is 2.35. The summed E-state index contributed by atoms with van der Waals surface area (Å²) >= 11 is 0. The van der Waals surface area contributed by atoms with Crippen molar-refractivity contribution in [3.8, 4) is 5.75 Å². The lowest BCUT2D eigenvalue weighted by molar-refractivity contribution is 0.164. The van der Waals surface area contributed by atoms with Crippen LogP contribution in [0.5, 0.6) is 5.75 Å². The van der Waals surface area contributed by atoms with Crippen molar-refractivity contribution < 1.29 is 9.26 Å². The minimum atomic E-state index is 0.153. The Hall–Kier alpha value is -2.08. The minimum Gasteiger partial charge on any atom is -0.492 e. The highest BCUT2D eigenvalue weighted by molar-refractivity contribution is 5.58. The second-order valence-corrected chi connectivity index (χ2v) is 5.78. The molecule has 6 nitrogen and oxygen atoms in total. The van der Waals surface area contributed by atoms with Gasteiger partial charge < -0.3 is 14.2 Å². The van der Waals surface area contributed by atoms with Gasteiger partial charge in [-0.15, -0.1) is 0 Å². The van der Waals surface area contributed by atoms with E-state index in [1.807, 2.05) is 26.0 Å². The molecular formula is C17H24N4O2. The number of anilines is 1. The quantitative estimate of drug-likeness (QED) is 0.845. The molecule has 0 aliphatic carbocycles. The lowest BCUT2D eigenvalue weighted by atomic mass is 10.2. The Balaban J connectivity index is 1.64. The Morgan fingerprint density at radius 2 is 1.96 bits per heavy atom. The summed E-state index contributed by atoms with van der Waals surface area (Å²) in [6.45, 7) is 10.5. The number of hydrogen-bond acceptors (Lipinski definition) is 6. The zero-order valence-corrected chi connectivity index (χ0v) is 14.0. The molecular weight excluding hydrogens is 292 g/mol. The summed E-state index contributed by atoms with van der Waals surface area (Å²) in [7, 11) is 0. The standard InChI is InChI=1S/C17H24N4O2/c1-4-22-16-8-6-5-7-15(16)21-11-9-20(10-12-21)13(2)17-18-14(3)19-23-17/h5-8,13H,4,9-12H2,1-3H3. The van der Waals surface area contributed by atoms with E-state index in [1.54, 1.807) is 0 Å². The fourth-order valence-electron chi connectivity index (χ4n) is 2.99. The largest absolute Gasteiger partial charge is 0.492 e. The number of nitrogens with zero attached hydrogens (tertiary/aromatic N) is 4. The smallest absolute Gasteiger partial charge is 0.243 e. The fourth-order valence-corrected chi connectivity index (χ4v) is 2.99. The Morgan fingerprint density at radius 1 is 1.22 bits per heavy atom. The maximum Gasteiger partial charge on any atom is 0.243 e. The van der Waals surface area contributed by atoms with Crippen molar-refractivity contribution in [1.82, 2.24) is 15.0 Å². The molecule has 6 heteroatoms. The van der Waals surface area contributed by atoms with Crippen molar-refractivity contribution in [2.75, 3.05) is 37.7 Å². The van der Waals surface area contributed by atoms with Crippen LogP contribution in [-0.4, -0.2) is 47.8 Å². The van der Waals surface area contributed by atoms with E-state index < -0.39 is 0 Å². The second-order valence-electron chi connectivity index (χ2n) is 5.78. The monoisotopic (exact) mass is 316 g/mol. The normalized spacial score (nSPS) is 17.3. The molecule has 0 N–H and O–H groups in total. The van der Waals surface area contributed by atoms with Gasteiger partial charge in [-0.1, -0.05) is 17.3 Å². The number of ether oxygens (including phenoxy) is 1. The summed E-state index contributed by atoms with van der Waals surface area (Å²) in [6, 6.07) is 8.40. The molecule has 1 aliphatic heterocycles. The number of piperazine rings is 1. The summed E-state index contributed by atoms with van der Waals surface area (Å²) in [5.41, 5.74) is 1.18. The number of aromatic nitrogens is 2. The second kappa shape index (κ2) is 7.00. The molecule has 23 heavy (non-hydrogen) atoms. The lowest BCUT2D eigenvalue weighted by Crippen LogP contribution is -2.47. The van der Waals surface area contributed by atoms with Crippen molar-refractivity contribution >= 4 is 5.69 Å². The molecule has 2 aromatic rings. The maximum absolute atomic E-state index is 5.75. The topological polar surface area (TPSA) is 54.6 Å². The van der Waals surface area contributed by atoms with Crippen molar-refractivity contribution in [1.29, 1.82) is 0 Å². The molecule has 124 valence electrons. The van der Waals surface area contributed by atoms with Crippen molar-refractivity contribution in [3.05, 3.63) is 36.0 Å². The van der Waals surface area contributed by atoms with Gasteiger partial charge in [0.1, 0.15) is 5.75 Å². The van der Waals surface area contributed by atoms with E-state index in [0.29, 0.717) is 18.3 Å². The van der Waals surface area contributed by atoms with E-state index in [-0.39, 0.29) is 6.04 Å². The van der Waals surface area contributed by atoms with E-state index in [2.05, 4.69) is 39.0 Å². The number of benzene rings is 1. The maximum atomic E-state index is 5.75. The summed E-state index contributed by atoms with van der Waals surface area (Å²) in [6.07, 6.45) is 0. The van der Waals surface area contributed by atoms with Crippen LogP contribution in [-0.2, 0) is 0 Å². The molecule has 0 saturated carbocycles. The van der Waals surface area contributed by atoms with Crippen LogP contribution in [0.15, 0.2) is 28.8 Å². The van der Waals surface area contributed by atoms with Gasteiger partial charge >= 0.3 is 0 Å². The van der Waals surface area contributed by atoms with Crippen LogP contribution in [0.25, 0.3) is 0 Å². The third-order valence-electron chi connectivity index (χ3n) is 4.27. The first-order chi connectivity index (χ1) is 11.2. The molecule has 1 aliphatic rings. The molecule has 1 atom stereocenters. The Bertz CT molecular complexity index is 635. The van der Waals surface area contributed by atoms with Gasteiger partial charge in [0.05, 0.1) is 18.3 Å². The number of rotatable bonds is 5. The third-order valence-corrected chi connectivity index (χ3v) is 4.27. The first-order valence-electron chi connectivity index (χ1n) is 8.20. The SMILES string of the molecule is CCOc1ccccc1N1CCN(C(C)c2nc(C)no2)CC1. The van der Waals surface area contributed by atoms with E-state index in [1.165, 1.54) is 5.69 Å². The highest BCUT2D eigenvalue weighted by atomic mass is 16.5. The first-order valence-corrected chi connectivity index (χ1v) is 8.20.